The second-order valence-corrected chi connectivity index (χ2v) is 9.59. The van der Waals surface area contributed by atoms with E-state index in [1.165, 1.54) is 4.31 Å². The van der Waals surface area contributed by atoms with Crippen LogP contribution in [0.4, 0.5) is 0 Å². The van der Waals surface area contributed by atoms with Gasteiger partial charge in [-0.05, 0) is 56.5 Å². The number of amides is 1. The standard InChI is InChI=1S/C23H30N2O5S/c1-4-30-22-14-18(9-12-21(22)29-3)15-24-23(26)19-6-5-13-25(16-19)31(27,28)20-10-7-17(2)8-11-20/h7-12,14,19H,4-6,13,15-16H2,1-3H3,(H,24,26)/t19-/m0/s1. The predicted octanol–water partition coefficient (Wildman–Crippen LogP) is 3.12. The van der Waals surface area contributed by atoms with E-state index in [1.54, 1.807) is 31.4 Å². The third-order valence-corrected chi connectivity index (χ3v) is 7.29. The maximum absolute atomic E-state index is 13.0. The molecule has 8 heteroatoms. The van der Waals surface area contributed by atoms with E-state index < -0.39 is 10.0 Å². The first-order valence-corrected chi connectivity index (χ1v) is 11.9. The second kappa shape index (κ2) is 10.2. The lowest BCUT2D eigenvalue weighted by Crippen LogP contribution is -2.45. The number of ether oxygens (including phenoxy) is 2. The Balaban J connectivity index is 1.63. The highest BCUT2D eigenvalue weighted by molar-refractivity contribution is 7.89. The number of rotatable bonds is 8. The average molecular weight is 447 g/mol. The van der Waals surface area contributed by atoms with Gasteiger partial charge in [0.2, 0.25) is 15.9 Å². The number of hydrogen-bond acceptors (Lipinski definition) is 5. The molecule has 0 aliphatic carbocycles. The maximum atomic E-state index is 13.0. The van der Waals surface area contributed by atoms with Gasteiger partial charge in [-0.2, -0.15) is 4.31 Å². The quantitative estimate of drug-likeness (QED) is 0.674. The molecule has 7 nitrogen and oxygen atoms in total. The highest BCUT2D eigenvalue weighted by Crippen LogP contribution is 2.28. The van der Waals surface area contributed by atoms with Gasteiger partial charge in [-0.3, -0.25) is 4.79 Å². The molecule has 2 aromatic carbocycles. The van der Waals surface area contributed by atoms with Gasteiger partial charge in [-0.1, -0.05) is 23.8 Å². The minimum absolute atomic E-state index is 0.141. The molecule has 1 amide bonds. The lowest BCUT2D eigenvalue weighted by Gasteiger charge is -2.31. The molecule has 1 atom stereocenters. The summed E-state index contributed by atoms with van der Waals surface area (Å²) >= 11 is 0. The number of benzene rings is 2. The predicted molar refractivity (Wildman–Crippen MR) is 119 cm³/mol. The van der Waals surface area contributed by atoms with Crippen LogP contribution in [0.3, 0.4) is 0 Å². The van der Waals surface area contributed by atoms with Crippen LogP contribution in [0.5, 0.6) is 11.5 Å². The van der Waals surface area contributed by atoms with Gasteiger partial charge >= 0.3 is 0 Å². The molecule has 0 aromatic heterocycles. The smallest absolute Gasteiger partial charge is 0.243 e. The number of carbonyl (C=O) groups is 1. The lowest BCUT2D eigenvalue weighted by atomic mass is 9.98. The summed E-state index contributed by atoms with van der Waals surface area (Å²) in [7, 11) is -2.03. The number of aryl methyl sites for hydroxylation is 1. The fourth-order valence-electron chi connectivity index (χ4n) is 3.67. The molecule has 1 heterocycles. The first-order chi connectivity index (χ1) is 14.8. The van der Waals surface area contributed by atoms with Gasteiger partial charge < -0.3 is 14.8 Å². The van der Waals surface area contributed by atoms with Crippen LogP contribution in [0, 0.1) is 12.8 Å². The van der Waals surface area contributed by atoms with Crippen molar-refractivity contribution in [2.75, 3.05) is 26.8 Å². The lowest BCUT2D eigenvalue weighted by molar-refractivity contribution is -0.126. The topological polar surface area (TPSA) is 84.9 Å². The summed E-state index contributed by atoms with van der Waals surface area (Å²) in [6, 6.07) is 12.3. The van der Waals surface area contributed by atoms with Gasteiger partial charge in [0, 0.05) is 19.6 Å². The molecule has 1 fully saturated rings. The number of methoxy groups -OCH3 is 1. The number of piperidine rings is 1. The monoisotopic (exact) mass is 446 g/mol. The number of hydrogen-bond donors (Lipinski definition) is 1. The summed E-state index contributed by atoms with van der Waals surface area (Å²) in [5.41, 5.74) is 1.89. The number of carbonyl (C=O) groups excluding carboxylic acids is 1. The Kier molecular flexibility index (Phi) is 7.56. The third-order valence-electron chi connectivity index (χ3n) is 5.41. The Morgan fingerprint density at radius 1 is 1.16 bits per heavy atom. The normalized spacial score (nSPS) is 17.2. The van der Waals surface area contributed by atoms with E-state index in [9.17, 15) is 13.2 Å². The van der Waals surface area contributed by atoms with Crippen molar-refractivity contribution < 1.29 is 22.7 Å². The molecular formula is C23H30N2O5S. The van der Waals surface area contributed by atoms with Gasteiger partial charge in [0.1, 0.15) is 0 Å². The summed E-state index contributed by atoms with van der Waals surface area (Å²) in [4.78, 5) is 13.0. The summed E-state index contributed by atoms with van der Waals surface area (Å²) in [5, 5.41) is 2.94. The van der Waals surface area contributed by atoms with Crippen molar-refractivity contribution >= 4 is 15.9 Å². The molecule has 0 saturated carbocycles. The van der Waals surface area contributed by atoms with Crippen LogP contribution in [-0.4, -0.2) is 45.4 Å². The van der Waals surface area contributed by atoms with Crippen molar-refractivity contribution in [2.24, 2.45) is 5.92 Å². The molecule has 31 heavy (non-hydrogen) atoms. The third kappa shape index (κ3) is 5.57. The summed E-state index contributed by atoms with van der Waals surface area (Å²) < 4.78 is 38.2. The minimum Gasteiger partial charge on any atom is -0.493 e. The Morgan fingerprint density at radius 2 is 1.90 bits per heavy atom. The molecular weight excluding hydrogens is 416 g/mol. The van der Waals surface area contributed by atoms with Crippen molar-refractivity contribution in [1.82, 2.24) is 9.62 Å². The minimum atomic E-state index is -3.61. The molecule has 168 valence electrons. The number of nitrogens with zero attached hydrogens (tertiary/aromatic N) is 1. The van der Waals surface area contributed by atoms with Crippen LogP contribution in [0.25, 0.3) is 0 Å². The Bertz CT molecular complexity index is 1010. The van der Waals surface area contributed by atoms with Crippen LogP contribution in [0.15, 0.2) is 47.4 Å². The Morgan fingerprint density at radius 3 is 2.58 bits per heavy atom. The van der Waals surface area contributed by atoms with E-state index in [-0.39, 0.29) is 23.3 Å². The molecule has 0 radical (unpaired) electrons. The van der Waals surface area contributed by atoms with Crippen molar-refractivity contribution in [1.29, 1.82) is 0 Å². The molecule has 0 spiro atoms. The van der Waals surface area contributed by atoms with Crippen LogP contribution in [-0.2, 0) is 21.4 Å². The van der Waals surface area contributed by atoms with E-state index in [4.69, 9.17) is 9.47 Å². The van der Waals surface area contributed by atoms with E-state index in [1.807, 2.05) is 32.0 Å². The van der Waals surface area contributed by atoms with Gasteiger partial charge in [0.05, 0.1) is 24.5 Å². The second-order valence-electron chi connectivity index (χ2n) is 7.65. The molecule has 2 aromatic rings. The molecule has 1 aliphatic heterocycles. The van der Waals surface area contributed by atoms with Crippen molar-refractivity contribution in [3.8, 4) is 11.5 Å². The molecule has 1 saturated heterocycles. The highest BCUT2D eigenvalue weighted by Gasteiger charge is 2.33. The van der Waals surface area contributed by atoms with Crippen LogP contribution < -0.4 is 14.8 Å². The fourth-order valence-corrected chi connectivity index (χ4v) is 5.19. The highest BCUT2D eigenvalue weighted by atomic mass is 32.2. The zero-order chi connectivity index (χ0) is 22.4. The number of nitrogens with one attached hydrogen (secondary N) is 1. The van der Waals surface area contributed by atoms with Crippen molar-refractivity contribution in [2.45, 2.75) is 38.1 Å². The van der Waals surface area contributed by atoms with Crippen LogP contribution in [0.2, 0.25) is 0 Å². The van der Waals surface area contributed by atoms with Gasteiger partial charge in [0.25, 0.3) is 0 Å². The first kappa shape index (κ1) is 23.1. The van der Waals surface area contributed by atoms with Crippen molar-refractivity contribution in [3.05, 3.63) is 53.6 Å². The zero-order valence-electron chi connectivity index (χ0n) is 18.3. The van der Waals surface area contributed by atoms with E-state index in [0.717, 1.165) is 11.1 Å². The largest absolute Gasteiger partial charge is 0.493 e. The van der Waals surface area contributed by atoms with E-state index >= 15 is 0 Å². The Labute approximate surface area is 184 Å². The van der Waals surface area contributed by atoms with Gasteiger partial charge in [0.15, 0.2) is 11.5 Å². The van der Waals surface area contributed by atoms with E-state index in [0.29, 0.717) is 44.0 Å². The molecule has 0 bridgehead atoms. The van der Waals surface area contributed by atoms with E-state index in [2.05, 4.69) is 5.32 Å². The van der Waals surface area contributed by atoms with Crippen LogP contribution >= 0.6 is 0 Å². The molecule has 1 aliphatic rings. The average Bonchev–Trinajstić information content (AvgIpc) is 2.78. The molecule has 0 unspecified atom stereocenters. The zero-order valence-corrected chi connectivity index (χ0v) is 19.1. The van der Waals surface area contributed by atoms with Gasteiger partial charge in [-0.25, -0.2) is 8.42 Å². The fraction of sp³-hybridized carbons (Fsp3) is 0.435. The molecule has 1 N–H and O–H groups in total. The maximum Gasteiger partial charge on any atom is 0.243 e. The summed E-state index contributed by atoms with van der Waals surface area (Å²) in [6.07, 6.45) is 1.32. The summed E-state index contributed by atoms with van der Waals surface area (Å²) in [5.74, 6) is 0.752. The van der Waals surface area contributed by atoms with Crippen molar-refractivity contribution in [3.63, 3.8) is 0 Å². The summed E-state index contributed by atoms with van der Waals surface area (Å²) in [6.45, 7) is 5.28. The van der Waals surface area contributed by atoms with Crippen LogP contribution in [0.1, 0.15) is 30.9 Å². The number of sulfonamides is 1. The first-order valence-electron chi connectivity index (χ1n) is 10.5. The Hall–Kier alpha value is -2.58. The SMILES string of the molecule is CCOc1cc(CNC(=O)[C@H]2CCCN(S(=O)(=O)c3ccc(C)cc3)C2)ccc1OC. The molecule has 3 rings (SSSR count). The van der Waals surface area contributed by atoms with Gasteiger partial charge in [-0.15, -0.1) is 0 Å².